The van der Waals surface area contributed by atoms with Gasteiger partial charge in [0, 0.05) is 12.7 Å². The highest BCUT2D eigenvalue weighted by Gasteiger charge is 2.09. The molecule has 0 radical (unpaired) electrons. The fourth-order valence-corrected chi connectivity index (χ4v) is 1.63. The number of pyridine rings is 1. The molecule has 0 aliphatic carbocycles. The van der Waals surface area contributed by atoms with Crippen molar-refractivity contribution in [3.63, 3.8) is 0 Å². The molecule has 1 heterocycles. The lowest BCUT2D eigenvalue weighted by Crippen LogP contribution is -2.12. The van der Waals surface area contributed by atoms with E-state index in [2.05, 4.69) is 10.3 Å². The molecule has 0 atom stereocenters. The van der Waals surface area contributed by atoms with Crippen molar-refractivity contribution in [3.05, 3.63) is 58.0 Å². The van der Waals surface area contributed by atoms with E-state index in [1.165, 1.54) is 18.3 Å². The lowest BCUT2D eigenvalue weighted by atomic mass is 10.1. The number of hydrogen-bond acceptors (Lipinski definition) is 4. The Morgan fingerprint density at radius 1 is 1.32 bits per heavy atom. The number of H-pyrrole nitrogens is 1. The number of aromatic amines is 1. The summed E-state index contributed by atoms with van der Waals surface area (Å²) < 4.78 is 0. The number of carboxylic acid groups (broad SMARTS) is 1. The molecule has 0 aliphatic rings. The Kier molecular flexibility index (Phi) is 3.51. The zero-order valence-electron chi connectivity index (χ0n) is 9.88. The van der Waals surface area contributed by atoms with Crippen molar-refractivity contribution in [2.75, 3.05) is 5.32 Å². The largest absolute Gasteiger partial charge is 0.507 e. The van der Waals surface area contributed by atoms with Crippen LogP contribution in [-0.4, -0.2) is 21.2 Å². The Morgan fingerprint density at radius 3 is 2.74 bits per heavy atom. The Bertz CT molecular complexity index is 664. The molecule has 98 valence electrons. The summed E-state index contributed by atoms with van der Waals surface area (Å²) >= 11 is 0. The number of hydrogen-bond donors (Lipinski definition) is 4. The normalized spacial score (nSPS) is 10.1. The molecule has 6 heteroatoms. The van der Waals surface area contributed by atoms with Crippen LogP contribution in [0.3, 0.4) is 0 Å². The summed E-state index contributed by atoms with van der Waals surface area (Å²) in [4.78, 5) is 24.7. The van der Waals surface area contributed by atoms with Crippen molar-refractivity contribution in [2.24, 2.45) is 0 Å². The van der Waals surface area contributed by atoms with Gasteiger partial charge >= 0.3 is 5.97 Å². The van der Waals surface area contributed by atoms with E-state index in [9.17, 15) is 14.7 Å². The van der Waals surface area contributed by atoms with Gasteiger partial charge in [0.25, 0.3) is 5.56 Å². The molecule has 19 heavy (non-hydrogen) atoms. The topological polar surface area (TPSA) is 102 Å². The van der Waals surface area contributed by atoms with Gasteiger partial charge in [0.05, 0.1) is 0 Å². The average Bonchev–Trinajstić information content (AvgIpc) is 2.37. The van der Waals surface area contributed by atoms with E-state index in [0.29, 0.717) is 17.8 Å². The molecule has 0 amide bonds. The van der Waals surface area contributed by atoms with Gasteiger partial charge in [-0.1, -0.05) is 6.07 Å². The second kappa shape index (κ2) is 5.26. The van der Waals surface area contributed by atoms with Crippen molar-refractivity contribution in [1.82, 2.24) is 4.98 Å². The summed E-state index contributed by atoms with van der Waals surface area (Å²) in [5, 5.41) is 21.2. The van der Waals surface area contributed by atoms with E-state index in [1.54, 1.807) is 18.2 Å². The SMILES string of the molecule is O=C(O)c1ccc(CNc2ccc[nH]c2=O)cc1O. The lowest BCUT2D eigenvalue weighted by Gasteiger charge is -2.07. The smallest absolute Gasteiger partial charge is 0.339 e. The molecular weight excluding hydrogens is 248 g/mol. The summed E-state index contributed by atoms with van der Waals surface area (Å²) in [6.45, 7) is 0.306. The fraction of sp³-hybridized carbons (Fsp3) is 0.0769. The summed E-state index contributed by atoms with van der Waals surface area (Å²) in [7, 11) is 0. The maximum Gasteiger partial charge on any atom is 0.339 e. The first-order valence-corrected chi connectivity index (χ1v) is 5.54. The van der Waals surface area contributed by atoms with Crippen LogP contribution >= 0.6 is 0 Å². The third-order valence-corrected chi connectivity index (χ3v) is 2.59. The number of aromatic carboxylic acids is 1. The van der Waals surface area contributed by atoms with E-state index in [4.69, 9.17) is 5.11 Å². The first kappa shape index (κ1) is 12.7. The molecule has 4 N–H and O–H groups in total. The number of aromatic nitrogens is 1. The van der Waals surface area contributed by atoms with Crippen LogP contribution in [0.1, 0.15) is 15.9 Å². The first-order valence-electron chi connectivity index (χ1n) is 5.54. The van der Waals surface area contributed by atoms with E-state index >= 15 is 0 Å². The van der Waals surface area contributed by atoms with Crippen LogP contribution < -0.4 is 10.9 Å². The van der Waals surface area contributed by atoms with Gasteiger partial charge in [-0.25, -0.2) is 4.79 Å². The second-order valence-corrected chi connectivity index (χ2v) is 3.92. The lowest BCUT2D eigenvalue weighted by molar-refractivity contribution is 0.0693. The number of rotatable bonds is 4. The maximum atomic E-state index is 11.4. The van der Waals surface area contributed by atoms with Crippen molar-refractivity contribution in [1.29, 1.82) is 0 Å². The average molecular weight is 260 g/mol. The maximum absolute atomic E-state index is 11.4. The molecule has 1 aromatic carbocycles. The molecule has 0 saturated heterocycles. The highest BCUT2D eigenvalue weighted by molar-refractivity contribution is 5.90. The van der Waals surface area contributed by atoms with Gasteiger partial charge in [-0.15, -0.1) is 0 Å². The summed E-state index contributed by atoms with van der Waals surface area (Å²) in [5.41, 5.74) is 0.685. The van der Waals surface area contributed by atoms with Gasteiger partial charge in [-0.2, -0.15) is 0 Å². The quantitative estimate of drug-likeness (QED) is 0.665. The van der Waals surface area contributed by atoms with Crippen molar-refractivity contribution in [2.45, 2.75) is 6.54 Å². The van der Waals surface area contributed by atoms with Crippen LogP contribution in [0.15, 0.2) is 41.3 Å². The van der Waals surface area contributed by atoms with E-state index in [0.717, 1.165) is 0 Å². The van der Waals surface area contributed by atoms with E-state index in [1.807, 2.05) is 0 Å². The van der Waals surface area contributed by atoms with Gasteiger partial charge in [0.1, 0.15) is 17.0 Å². The zero-order valence-corrected chi connectivity index (χ0v) is 9.88. The number of benzene rings is 1. The standard InChI is InChI=1S/C13H12N2O4/c16-11-6-8(3-4-9(11)13(18)19)7-15-10-2-1-5-14-12(10)17/h1-6,15-16H,7H2,(H,14,17)(H,18,19). The summed E-state index contributed by atoms with van der Waals surface area (Å²) in [6, 6.07) is 7.57. The molecular formula is C13H12N2O4. The number of nitrogens with one attached hydrogen (secondary N) is 2. The Morgan fingerprint density at radius 2 is 2.11 bits per heavy atom. The number of phenols is 1. The van der Waals surface area contributed by atoms with Crippen LogP contribution in [0.2, 0.25) is 0 Å². The number of carbonyl (C=O) groups is 1. The van der Waals surface area contributed by atoms with Crippen molar-refractivity contribution < 1.29 is 15.0 Å². The van der Waals surface area contributed by atoms with Crippen molar-refractivity contribution >= 4 is 11.7 Å². The molecule has 0 bridgehead atoms. The summed E-state index contributed by atoms with van der Waals surface area (Å²) in [5.74, 6) is -1.48. The van der Waals surface area contributed by atoms with Crippen LogP contribution in [0.4, 0.5) is 5.69 Å². The molecule has 0 aliphatic heterocycles. The Balaban J connectivity index is 2.13. The Labute approximate surface area is 108 Å². The molecule has 0 saturated carbocycles. The molecule has 2 rings (SSSR count). The molecule has 1 aromatic heterocycles. The number of aromatic hydroxyl groups is 1. The monoisotopic (exact) mass is 260 g/mol. The number of anilines is 1. The van der Waals surface area contributed by atoms with Gasteiger partial charge < -0.3 is 20.5 Å². The van der Waals surface area contributed by atoms with E-state index in [-0.39, 0.29) is 16.9 Å². The summed E-state index contributed by atoms with van der Waals surface area (Å²) in [6.07, 6.45) is 1.53. The van der Waals surface area contributed by atoms with Gasteiger partial charge in [-0.3, -0.25) is 4.79 Å². The van der Waals surface area contributed by atoms with Crippen LogP contribution in [0, 0.1) is 0 Å². The second-order valence-electron chi connectivity index (χ2n) is 3.92. The van der Waals surface area contributed by atoms with Crippen LogP contribution in [0.25, 0.3) is 0 Å². The van der Waals surface area contributed by atoms with Crippen LogP contribution in [0.5, 0.6) is 5.75 Å². The van der Waals surface area contributed by atoms with Gasteiger partial charge in [0.15, 0.2) is 0 Å². The highest BCUT2D eigenvalue weighted by atomic mass is 16.4. The molecule has 6 nitrogen and oxygen atoms in total. The molecule has 0 fully saturated rings. The zero-order chi connectivity index (χ0) is 13.8. The van der Waals surface area contributed by atoms with E-state index < -0.39 is 5.97 Å². The van der Waals surface area contributed by atoms with Crippen LogP contribution in [-0.2, 0) is 6.54 Å². The minimum absolute atomic E-state index is 0.152. The van der Waals surface area contributed by atoms with Gasteiger partial charge in [0.2, 0.25) is 0 Å². The predicted octanol–water partition coefficient (Wildman–Crippen LogP) is 1.39. The predicted molar refractivity (Wildman–Crippen MR) is 69.5 cm³/mol. The number of carboxylic acids is 1. The third kappa shape index (κ3) is 2.92. The minimum atomic E-state index is -1.18. The van der Waals surface area contributed by atoms with Crippen molar-refractivity contribution in [3.8, 4) is 5.75 Å². The molecule has 0 unspecified atom stereocenters. The minimum Gasteiger partial charge on any atom is -0.507 e. The fourth-order valence-electron chi connectivity index (χ4n) is 1.63. The molecule has 2 aromatic rings. The molecule has 0 spiro atoms. The Hall–Kier alpha value is -2.76. The van der Waals surface area contributed by atoms with Gasteiger partial charge in [-0.05, 0) is 29.8 Å². The first-order chi connectivity index (χ1) is 9.08. The highest BCUT2D eigenvalue weighted by Crippen LogP contribution is 2.19. The third-order valence-electron chi connectivity index (χ3n) is 2.59.